The molecule has 0 spiro atoms. The highest BCUT2D eigenvalue weighted by Gasteiger charge is 2.17. The third-order valence-corrected chi connectivity index (χ3v) is 5.05. The first-order chi connectivity index (χ1) is 15.0. The number of nitrogens with zero attached hydrogens (tertiary/aromatic N) is 4. The zero-order valence-electron chi connectivity index (χ0n) is 16.3. The summed E-state index contributed by atoms with van der Waals surface area (Å²) in [6.07, 6.45) is 0. The van der Waals surface area contributed by atoms with Gasteiger partial charge in [0.25, 0.3) is 11.2 Å². The first-order valence-corrected chi connectivity index (χ1v) is 9.84. The van der Waals surface area contributed by atoms with E-state index in [-0.39, 0.29) is 11.2 Å². The maximum Gasteiger partial charge on any atom is 0.295 e. The van der Waals surface area contributed by atoms with E-state index in [0.29, 0.717) is 39.8 Å². The van der Waals surface area contributed by atoms with Gasteiger partial charge in [0, 0.05) is 23.7 Å². The molecule has 9 heteroatoms. The number of aromatic nitrogens is 2. The molecule has 31 heavy (non-hydrogen) atoms. The van der Waals surface area contributed by atoms with Crippen LogP contribution >= 0.6 is 11.6 Å². The molecule has 0 amide bonds. The van der Waals surface area contributed by atoms with Crippen LogP contribution in [-0.2, 0) is 13.1 Å². The van der Waals surface area contributed by atoms with Crippen LogP contribution in [-0.4, -0.2) is 24.8 Å². The second kappa shape index (κ2) is 8.85. The van der Waals surface area contributed by atoms with Crippen molar-refractivity contribution in [2.24, 2.45) is 5.28 Å². The van der Waals surface area contributed by atoms with Gasteiger partial charge in [0.1, 0.15) is 0 Å². The Morgan fingerprint density at radius 1 is 1.03 bits per heavy atom. The van der Waals surface area contributed by atoms with Gasteiger partial charge in [-0.1, -0.05) is 54.1 Å². The molecule has 0 aliphatic rings. The Balaban J connectivity index is 1.79. The summed E-state index contributed by atoms with van der Waals surface area (Å²) in [6, 6.07) is 21.5. The van der Waals surface area contributed by atoms with Gasteiger partial charge in [0.15, 0.2) is 4.86 Å². The molecule has 4 aromatic rings. The number of benzene rings is 3. The lowest BCUT2D eigenvalue weighted by molar-refractivity contribution is -0.778. The van der Waals surface area contributed by atoms with Gasteiger partial charge in [-0.25, -0.2) is 4.98 Å². The van der Waals surface area contributed by atoms with Crippen LogP contribution in [0.25, 0.3) is 10.9 Å². The van der Waals surface area contributed by atoms with Crippen molar-refractivity contribution in [3.05, 3.63) is 99.3 Å². The topological polar surface area (TPSA) is 103 Å². The smallest absolute Gasteiger partial charge is 0.295 e. The summed E-state index contributed by atoms with van der Waals surface area (Å²) < 4.78 is 1.57. The van der Waals surface area contributed by atoms with Gasteiger partial charge >= 0.3 is 0 Å². The number of hydrogen-bond donors (Lipinski definition) is 3. The van der Waals surface area contributed by atoms with E-state index in [1.54, 1.807) is 22.8 Å². The lowest BCUT2D eigenvalue weighted by atomic mass is 10.2. The Kier molecular flexibility index (Phi) is 5.81. The number of halogens is 1. The molecule has 4 rings (SSSR count). The highest BCUT2D eigenvalue weighted by Crippen LogP contribution is 2.20. The zero-order valence-corrected chi connectivity index (χ0v) is 17.1. The van der Waals surface area contributed by atoms with E-state index in [1.165, 1.54) is 12.1 Å². The number of hydrogen-bond acceptors (Lipinski definition) is 4. The number of anilines is 1. The quantitative estimate of drug-likeness (QED) is 0.233. The number of nitrogens with one attached hydrogen (secondary N) is 1. The molecule has 1 aromatic heterocycles. The summed E-state index contributed by atoms with van der Waals surface area (Å²) in [6.45, 7) is 0.771. The van der Waals surface area contributed by atoms with Crippen molar-refractivity contribution < 1.29 is 15.3 Å². The summed E-state index contributed by atoms with van der Waals surface area (Å²) in [5.41, 5.74) is 2.22. The van der Waals surface area contributed by atoms with Crippen LogP contribution in [0.3, 0.4) is 0 Å². The Labute approximate surface area is 182 Å². The van der Waals surface area contributed by atoms with Crippen LogP contribution < -0.4 is 10.9 Å². The van der Waals surface area contributed by atoms with E-state index < -0.39 is 0 Å². The second-order valence-corrected chi connectivity index (χ2v) is 7.31. The van der Waals surface area contributed by atoms with E-state index in [0.717, 1.165) is 11.1 Å². The molecule has 0 saturated heterocycles. The minimum absolute atomic E-state index is 0.173. The van der Waals surface area contributed by atoms with Gasteiger partial charge in [0.2, 0.25) is 11.2 Å². The van der Waals surface area contributed by atoms with Crippen molar-refractivity contribution in [2.75, 3.05) is 5.32 Å². The summed E-state index contributed by atoms with van der Waals surface area (Å²) in [4.78, 5) is 18.2. The highest BCUT2D eigenvalue weighted by molar-refractivity contribution is 6.30. The molecule has 0 atom stereocenters. The Hall–Kier alpha value is -3.91. The summed E-state index contributed by atoms with van der Waals surface area (Å²) in [7, 11) is 0. The highest BCUT2D eigenvalue weighted by atomic mass is 35.5. The minimum Gasteiger partial charge on any atom is -0.359 e. The molecule has 156 valence electrons. The molecule has 0 bridgehead atoms. The van der Waals surface area contributed by atoms with Gasteiger partial charge in [-0.05, 0) is 29.3 Å². The third-order valence-electron chi connectivity index (χ3n) is 4.80. The summed E-state index contributed by atoms with van der Waals surface area (Å²) in [5.74, 6) is 0.374. The van der Waals surface area contributed by atoms with Crippen molar-refractivity contribution in [3.63, 3.8) is 0 Å². The van der Waals surface area contributed by atoms with Crippen LogP contribution in [0.5, 0.6) is 0 Å². The van der Waals surface area contributed by atoms with Crippen molar-refractivity contribution >= 4 is 34.1 Å². The van der Waals surface area contributed by atoms with Crippen LogP contribution in [0.15, 0.2) is 82.9 Å². The maximum atomic E-state index is 13.3. The monoisotopic (exact) mass is 436 g/mol. The van der Waals surface area contributed by atoms with Gasteiger partial charge in [-0.15, -0.1) is 0 Å². The molecule has 0 radical (unpaired) electrons. The van der Waals surface area contributed by atoms with Crippen LogP contribution in [0.2, 0.25) is 5.02 Å². The zero-order chi connectivity index (χ0) is 21.8. The van der Waals surface area contributed by atoms with Crippen molar-refractivity contribution in [1.82, 2.24) is 9.55 Å². The van der Waals surface area contributed by atoms with E-state index in [1.807, 2.05) is 42.5 Å². The lowest BCUT2D eigenvalue weighted by Crippen LogP contribution is -2.25. The van der Waals surface area contributed by atoms with Crippen molar-refractivity contribution in [2.45, 2.75) is 13.1 Å². The Morgan fingerprint density at radius 3 is 2.48 bits per heavy atom. The van der Waals surface area contributed by atoms with Gasteiger partial charge in [-0.3, -0.25) is 14.6 Å². The third kappa shape index (κ3) is 4.49. The number of rotatable bonds is 6. The fraction of sp³-hybridized carbons (Fsp3) is 0.0909. The molecule has 0 saturated carbocycles. The fourth-order valence-electron chi connectivity index (χ4n) is 3.22. The molecular weight excluding hydrogens is 418 g/mol. The minimum atomic E-state index is -0.232. The fourth-order valence-corrected chi connectivity index (χ4v) is 3.34. The van der Waals surface area contributed by atoms with E-state index in [2.05, 4.69) is 15.6 Å². The summed E-state index contributed by atoms with van der Waals surface area (Å²) >= 11 is 5.95. The van der Waals surface area contributed by atoms with Gasteiger partial charge in [0.05, 0.1) is 17.4 Å². The largest absolute Gasteiger partial charge is 0.359 e. The maximum absolute atomic E-state index is 13.3. The first kappa shape index (κ1) is 20.4. The Bertz CT molecular complexity index is 1300. The van der Waals surface area contributed by atoms with E-state index >= 15 is 0 Å². The predicted octanol–water partition coefficient (Wildman–Crippen LogP) is 4.58. The van der Waals surface area contributed by atoms with Crippen LogP contribution in [0.1, 0.15) is 11.1 Å². The predicted molar refractivity (Wildman–Crippen MR) is 116 cm³/mol. The molecule has 3 aromatic carbocycles. The second-order valence-electron chi connectivity index (χ2n) is 6.87. The lowest BCUT2D eigenvalue weighted by Gasteiger charge is -2.15. The number of fused-ring (bicyclic) bond motifs is 1. The average Bonchev–Trinajstić information content (AvgIpc) is 2.80. The van der Waals surface area contributed by atoms with Crippen LogP contribution in [0, 0.1) is 0 Å². The molecule has 1 heterocycles. The SMILES string of the molecule is O=c1c2ccc([N+](O)=NO)cc2nc(NCc2ccc(Cl)cc2)n1Cc1ccccc1. The molecule has 0 aliphatic heterocycles. The molecule has 8 nitrogen and oxygen atoms in total. The average molecular weight is 437 g/mol. The van der Waals surface area contributed by atoms with Crippen molar-refractivity contribution in [1.29, 1.82) is 0 Å². The molecule has 3 N–H and O–H groups in total. The van der Waals surface area contributed by atoms with Gasteiger partial charge in [-0.2, -0.15) is 0 Å². The first-order valence-electron chi connectivity index (χ1n) is 9.46. The standard InChI is InChI=1S/C22H18ClN5O3/c23-17-8-6-15(7-9-17)13-24-22-25-20-12-18(28(31)26-30)10-11-19(20)21(29)27(22)14-16-4-2-1-3-5-16/h1-12,31H,13-14H2,(H,24,25,29)/p+1. The molecular formula is C22H19ClN5O3+. The normalized spacial score (nSPS) is 11.6. The molecule has 0 aliphatic carbocycles. The van der Waals surface area contributed by atoms with E-state index in [4.69, 9.17) is 16.8 Å². The van der Waals surface area contributed by atoms with E-state index in [9.17, 15) is 10.0 Å². The molecule has 0 unspecified atom stereocenters. The van der Waals surface area contributed by atoms with Gasteiger partial charge < -0.3 is 10.5 Å². The summed E-state index contributed by atoms with van der Waals surface area (Å²) in [5, 5.41) is 25.4. The van der Waals surface area contributed by atoms with Crippen molar-refractivity contribution in [3.8, 4) is 0 Å². The molecule has 0 fully saturated rings. The van der Waals surface area contributed by atoms with Crippen LogP contribution in [0.4, 0.5) is 11.6 Å². The Morgan fingerprint density at radius 2 is 1.77 bits per heavy atom.